The summed E-state index contributed by atoms with van der Waals surface area (Å²) in [7, 11) is -4.09. The Labute approximate surface area is 252 Å². The third kappa shape index (κ3) is 7.77. The molecule has 7 nitrogen and oxygen atoms in total. The van der Waals surface area contributed by atoms with Gasteiger partial charge in [-0.3, -0.25) is 13.9 Å². The molecule has 1 aliphatic carbocycles. The molecule has 1 atom stereocenters. The lowest BCUT2D eigenvalue weighted by Gasteiger charge is -2.33. The molecule has 9 heteroatoms. The summed E-state index contributed by atoms with van der Waals surface area (Å²) in [4.78, 5) is 29.1. The number of nitrogens with zero attached hydrogens (tertiary/aromatic N) is 2. The Morgan fingerprint density at radius 2 is 1.56 bits per heavy atom. The van der Waals surface area contributed by atoms with Crippen molar-refractivity contribution < 1.29 is 18.0 Å². The molecule has 3 aromatic carbocycles. The first-order chi connectivity index (χ1) is 19.6. The number of hydrogen-bond acceptors (Lipinski definition) is 4. The smallest absolute Gasteiger partial charge is 0.264 e. The van der Waals surface area contributed by atoms with Crippen molar-refractivity contribution in [3.8, 4) is 0 Å². The van der Waals surface area contributed by atoms with Crippen LogP contribution in [-0.2, 0) is 26.2 Å². The lowest BCUT2D eigenvalue weighted by molar-refractivity contribution is -0.139. The second-order valence-electron chi connectivity index (χ2n) is 10.8. The Bertz CT molecular complexity index is 1450. The van der Waals surface area contributed by atoms with Crippen molar-refractivity contribution in [2.75, 3.05) is 10.8 Å². The molecule has 0 aliphatic heterocycles. The summed E-state index contributed by atoms with van der Waals surface area (Å²) in [5, 5.41) is 3.13. The number of carbonyl (C=O) groups is 2. The summed E-state index contributed by atoms with van der Waals surface area (Å²) in [6.45, 7) is 5.13. The molecule has 4 rings (SSSR count). The number of sulfonamides is 1. The van der Waals surface area contributed by atoms with Crippen molar-refractivity contribution in [3.63, 3.8) is 0 Å². The molecule has 3 aromatic rings. The van der Waals surface area contributed by atoms with Crippen molar-refractivity contribution in [1.29, 1.82) is 0 Å². The van der Waals surface area contributed by atoms with Crippen LogP contribution >= 0.6 is 15.9 Å². The van der Waals surface area contributed by atoms with Crippen molar-refractivity contribution in [1.82, 2.24) is 10.2 Å². The number of carbonyl (C=O) groups excluding carboxylic acids is 2. The average molecular weight is 641 g/mol. The molecule has 0 saturated heterocycles. The van der Waals surface area contributed by atoms with Gasteiger partial charge in [-0.1, -0.05) is 83.2 Å². The molecule has 0 radical (unpaired) electrons. The zero-order valence-electron chi connectivity index (χ0n) is 23.8. The standard InChI is InChI=1S/C32H38BrN3O4S/c1-23-13-19-29(20-14-23)41(39,40)36(30-12-8-7-9-24(30)2)22-31(37)35(21-26-15-17-27(33)18-16-26)25(3)32(38)34-28-10-5-4-6-11-28/h7-9,12-20,25,28H,4-6,10-11,21-22H2,1-3H3,(H,34,38). The van der Waals surface area contributed by atoms with Crippen LogP contribution in [0.3, 0.4) is 0 Å². The molecule has 0 bridgehead atoms. The Balaban J connectivity index is 1.68. The van der Waals surface area contributed by atoms with E-state index in [9.17, 15) is 18.0 Å². The lowest BCUT2D eigenvalue weighted by atomic mass is 9.95. The zero-order chi connectivity index (χ0) is 29.6. The largest absolute Gasteiger partial charge is 0.352 e. The van der Waals surface area contributed by atoms with Gasteiger partial charge in [-0.05, 0) is 75.1 Å². The molecule has 0 aromatic heterocycles. The fourth-order valence-electron chi connectivity index (χ4n) is 5.13. The van der Waals surface area contributed by atoms with Crippen molar-refractivity contribution >= 4 is 43.5 Å². The molecule has 218 valence electrons. The molecule has 1 unspecified atom stereocenters. The fraction of sp³-hybridized carbons (Fsp3) is 0.375. The number of anilines is 1. The summed E-state index contributed by atoms with van der Waals surface area (Å²) >= 11 is 3.44. The third-order valence-electron chi connectivity index (χ3n) is 7.66. The normalized spacial score (nSPS) is 14.7. The maximum absolute atomic E-state index is 14.1. The van der Waals surface area contributed by atoms with E-state index in [-0.39, 0.29) is 23.4 Å². The highest BCUT2D eigenvalue weighted by atomic mass is 79.9. The maximum Gasteiger partial charge on any atom is 0.264 e. The number of rotatable bonds is 10. The first kappa shape index (κ1) is 30.8. The monoisotopic (exact) mass is 639 g/mol. The molecule has 0 heterocycles. The van der Waals surface area contributed by atoms with Gasteiger partial charge >= 0.3 is 0 Å². The van der Waals surface area contributed by atoms with Crippen LogP contribution in [0.25, 0.3) is 0 Å². The van der Waals surface area contributed by atoms with Gasteiger partial charge in [-0.2, -0.15) is 0 Å². The first-order valence-electron chi connectivity index (χ1n) is 14.1. The molecule has 1 N–H and O–H groups in total. The topological polar surface area (TPSA) is 86.8 Å². The van der Waals surface area contributed by atoms with E-state index >= 15 is 0 Å². The highest BCUT2D eigenvalue weighted by Gasteiger charge is 2.33. The van der Waals surface area contributed by atoms with E-state index in [1.165, 1.54) is 11.3 Å². The quantitative estimate of drug-likeness (QED) is 0.289. The van der Waals surface area contributed by atoms with E-state index in [0.717, 1.165) is 51.2 Å². The number of amides is 2. The van der Waals surface area contributed by atoms with Gasteiger partial charge in [0.05, 0.1) is 10.6 Å². The number of benzene rings is 3. The number of halogens is 1. The van der Waals surface area contributed by atoms with Gasteiger partial charge < -0.3 is 10.2 Å². The van der Waals surface area contributed by atoms with E-state index in [1.54, 1.807) is 43.3 Å². The molecule has 1 fully saturated rings. The zero-order valence-corrected chi connectivity index (χ0v) is 26.2. The molecular formula is C32H38BrN3O4S. The highest BCUT2D eigenvalue weighted by molar-refractivity contribution is 9.10. The van der Waals surface area contributed by atoms with Gasteiger partial charge in [0.15, 0.2) is 0 Å². The predicted molar refractivity (Wildman–Crippen MR) is 166 cm³/mol. The van der Waals surface area contributed by atoms with Gasteiger partial charge in [0, 0.05) is 17.1 Å². The summed E-state index contributed by atoms with van der Waals surface area (Å²) in [5.74, 6) is -0.690. The minimum atomic E-state index is -4.09. The Hall–Kier alpha value is -3.17. The first-order valence-corrected chi connectivity index (χ1v) is 16.3. The van der Waals surface area contributed by atoms with E-state index < -0.39 is 28.5 Å². The van der Waals surface area contributed by atoms with Crippen LogP contribution in [0.15, 0.2) is 82.2 Å². The van der Waals surface area contributed by atoms with E-state index in [2.05, 4.69) is 21.2 Å². The molecule has 0 spiro atoms. The minimum absolute atomic E-state index is 0.0914. The van der Waals surface area contributed by atoms with Gasteiger partial charge in [-0.25, -0.2) is 8.42 Å². The highest BCUT2D eigenvalue weighted by Crippen LogP contribution is 2.28. The number of para-hydroxylation sites is 1. The molecule has 41 heavy (non-hydrogen) atoms. The SMILES string of the molecule is Cc1ccc(S(=O)(=O)N(CC(=O)N(Cc2ccc(Br)cc2)C(C)C(=O)NC2CCCCC2)c2ccccc2C)cc1. The second kappa shape index (κ2) is 13.7. The Morgan fingerprint density at radius 1 is 0.927 bits per heavy atom. The van der Waals surface area contributed by atoms with Crippen molar-refractivity contribution in [2.24, 2.45) is 0 Å². The second-order valence-corrected chi connectivity index (χ2v) is 13.6. The molecular weight excluding hydrogens is 602 g/mol. The minimum Gasteiger partial charge on any atom is -0.352 e. The Kier molecular flexibility index (Phi) is 10.3. The average Bonchev–Trinajstić information content (AvgIpc) is 2.96. The molecule has 2 amide bonds. The van der Waals surface area contributed by atoms with Crippen LogP contribution < -0.4 is 9.62 Å². The number of aryl methyl sites for hydroxylation is 2. The molecule has 1 aliphatic rings. The van der Waals surface area contributed by atoms with Crippen molar-refractivity contribution in [3.05, 3.63) is 94.0 Å². The summed E-state index contributed by atoms with van der Waals surface area (Å²) in [5.41, 5.74) is 2.91. The van der Waals surface area contributed by atoms with Crippen LogP contribution in [0, 0.1) is 13.8 Å². The summed E-state index contributed by atoms with van der Waals surface area (Å²) < 4.78 is 30.0. The van der Waals surface area contributed by atoms with Crippen molar-refractivity contribution in [2.45, 2.75) is 76.4 Å². The van der Waals surface area contributed by atoms with Gasteiger partial charge in [0.2, 0.25) is 11.8 Å². The summed E-state index contributed by atoms with van der Waals surface area (Å²) in [6, 6.07) is 20.5. The Morgan fingerprint density at radius 3 is 2.20 bits per heavy atom. The van der Waals surface area contributed by atoms with E-state index in [1.807, 2.05) is 50.2 Å². The van der Waals surface area contributed by atoms with E-state index in [4.69, 9.17) is 0 Å². The number of hydrogen-bond donors (Lipinski definition) is 1. The predicted octanol–water partition coefficient (Wildman–Crippen LogP) is 6.13. The van der Waals surface area contributed by atoms with Crippen LogP contribution in [0.4, 0.5) is 5.69 Å². The third-order valence-corrected chi connectivity index (χ3v) is 9.96. The fourth-order valence-corrected chi connectivity index (χ4v) is 6.87. The lowest BCUT2D eigenvalue weighted by Crippen LogP contribution is -2.53. The van der Waals surface area contributed by atoms with Gasteiger partial charge in [-0.15, -0.1) is 0 Å². The maximum atomic E-state index is 14.1. The van der Waals surface area contributed by atoms with Crippen LogP contribution in [0.5, 0.6) is 0 Å². The van der Waals surface area contributed by atoms with Gasteiger partial charge in [0.1, 0.15) is 12.6 Å². The molecule has 1 saturated carbocycles. The summed E-state index contributed by atoms with van der Waals surface area (Å²) in [6.07, 6.45) is 5.16. The van der Waals surface area contributed by atoms with E-state index in [0.29, 0.717) is 5.69 Å². The van der Waals surface area contributed by atoms with Gasteiger partial charge in [0.25, 0.3) is 10.0 Å². The van der Waals surface area contributed by atoms with Crippen LogP contribution in [0.2, 0.25) is 0 Å². The van der Waals surface area contributed by atoms with Crippen LogP contribution in [-0.4, -0.2) is 43.8 Å². The van der Waals surface area contributed by atoms with Crippen LogP contribution in [0.1, 0.15) is 55.7 Å². The number of nitrogens with one attached hydrogen (secondary N) is 1.